The summed E-state index contributed by atoms with van der Waals surface area (Å²) in [6, 6.07) is 14.6. The second-order valence-electron chi connectivity index (χ2n) is 6.04. The maximum Gasteiger partial charge on any atom is 0.338 e. The van der Waals surface area contributed by atoms with Crippen molar-refractivity contribution in [3.05, 3.63) is 65.2 Å². The molecule has 0 bridgehead atoms. The predicted octanol–water partition coefficient (Wildman–Crippen LogP) is 3.44. The monoisotopic (exact) mass is 370 g/mol. The standard InChI is InChI=1S/C21H26N2O4/c1-3-26-20(24)18-9-7-17(8-10-18)15-23-21(25)22-13-4-14-27-19-11-5-16(2)6-12-19/h5-12H,3-4,13-15H2,1-2H3,(H2,22,23,25). The molecule has 0 saturated carbocycles. The van der Waals surface area contributed by atoms with Crippen LogP contribution in [0.3, 0.4) is 0 Å². The van der Waals surface area contributed by atoms with Gasteiger partial charge >= 0.3 is 12.0 Å². The molecule has 0 unspecified atom stereocenters. The molecule has 6 heteroatoms. The highest BCUT2D eigenvalue weighted by Crippen LogP contribution is 2.11. The molecule has 0 atom stereocenters. The molecule has 2 aromatic rings. The van der Waals surface area contributed by atoms with Gasteiger partial charge in [0.05, 0.1) is 18.8 Å². The summed E-state index contributed by atoms with van der Waals surface area (Å²) in [5.74, 6) is 0.485. The van der Waals surface area contributed by atoms with Crippen molar-refractivity contribution in [1.82, 2.24) is 10.6 Å². The van der Waals surface area contributed by atoms with Crippen LogP contribution in [0.2, 0.25) is 0 Å². The minimum absolute atomic E-state index is 0.236. The Balaban J connectivity index is 1.60. The SMILES string of the molecule is CCOC(=O)c1ccc(CNC(=O)NCCCOc2ccc(C)cc2)cc1. The number of benzene rings is 2. The summed E-state index contributed by atoms with van der Waals surface area (Å²) in [5, 5.41) is 5.57. The van der Waals surface area contributed by atoms with E-state index in [4.69, 9.17) is 9.47 Å². The van der Waals surface area contributed by atoms with Gasteiger partial charge in [0, 0.05) is 13.1 Å². The Morgan fingerprint density at radius 2 is 1.67 bits per heavy atom. The molecule has 2 amide bonds. The summed E-state index contributed by atoms with van der Waals surface area (Å²) in [7, 11) is 0. The Labute approximate surface area is 159 Å². The van der Waals surface area contributed by atoms with Gasteiger partial charge in [0.25, 0.3) is 0 Å². The topological polar surface area (TPSA) is 76.7 Å². The first-order chi connectivity index (χ1) is 13.1. The van der Waals surface area contributed by atoms with Crippen LogP contribution in [0.25, 0.3) is 0 Å². The van der Waals surface area contributed by atoms with E-state index in [9.17, 15) is 9.59 Å². The highest BCUT2D eigenvalue weighted by Gasteiger charge is 2.06. The van der Waals surface area contributed by atoms with Gasteiger partial charge in [-0.2, -0.15) is 0 Å². The lowest BCUT2D eigenvalue weighted by Crippen LogP contribution is -2.36. The molecule has 0 aliphatic heterocycles. The Bertz CT molecular complexity index is 727. The van der Waals surface area contributed by atoms with Gasteiger partial charge in [-0.05, 0) is 50.1 Å². The first-order valence-corrected chi connectivity index (χ1v) is 9.05. The first-order valence-electron chi connectivity index (χ1n) is 9.05. The van der Waals surface area contributed by atoms with Crippen molar-refractivity contribution in [3.8, 4) is 5.75 Å². The van der Waals surface area contributed by atoms with Crippen LogP contribution in [0.4, 0.5) is 4.79 Å². The van der Waals surface area contributed by atoms with Crippen molar-refractivity contribution >= 4 is 12.0 Å². The van der Waals surface area contributed by atoms with Gasteiger partial charge in [-0.1, -0.05) is 29.8 Å². The lowest BCUT2D eigenvalue weighted by molar-refractivity contribution is 0.0526. The van der Waals surface area contributed by atoms with Gasteiger partial charge < -0.3 is 20.1 Å². The van der Waals surface area contributed by atoms with Crippen LogP contribution in [0.5, 0.6) is 5.75 Å². The van der Waals surface area contributed by atoms with E-state index in [2.05, 4.69) is 10.6 Å². The van der Waals surface area contributed by atoms with Gasteiger partial charge in [-0.3, -0.25) is 0 Å². The number of carbonyl (C=O) groups is 2. The number of amides is 2. The highest BCUT2D eigenvalue weighted by molar-refractivity contribution is 5.89. The maximum atomic E-state index is 11.8. The smallest absolute Gasteiger partial charge is 0.338 e. The van der Waals surface area contributed by atoms with Crippen molar-refractivity contribution in [2.45, 2.75) is 26.8 Å². The van der Waals surface area contributed by atoms with Crippen molar-refractivity contribution < 1.29 is 19.1 Å². The van der Waals surface area contributed by atoms with Gasteiger partial charge in [0.1, 0.15) is 5.75 Å². The third-order valence-corrected chi connectivity index (χ3v) is 3.81. The summed E-state index contributed by atoms with van der Waals surface area (Å²) in [6.07, 6.45) is 0.718. The second kappa shape index (κ2) is 10.9. The average Bonchev–Trinajstić information content (AvgIpc) is 2.68. The number of nitrogens with one attached hydrogen (secondary N) is 2. The van der Waals surface area contributed by atoms with Gasteiger partial charge in [0.15, 0.2) is 0 Å². The zero-order chi connectivity index (χ0) is 19.5. The number of rotatable bonds is 9. The van der Waals surface area contributed by atoms with E-state index in [-0.39, 0.29) is 12.0 Å². The van der Waals surface area contributed by atoms with Crippen molar-refractivity contribution in [2.24, 2.45) is 0 Å². The van der Waals surface area contributed by atoms with Crippen LogP contribution in [0.1, 0.15) is 34.8 Å². The van der Waals surface area contributed by atoms with Crippen molar-refractivity contribution in [3.63, 3.8) is 0 Å². The lowest BCUT2D eigenvalue weighted by atomic mass is 10.1. The molecule has 0 heterocycles. The molecule has 0 radical (unpaired) electrons. The number of urea groups is 1. The van der Waals surface area contributed by atoms with Crippen LogP contribution < -0.4 is 15.4 Å². The number of hydrogen-bond acceptors (Lipinski definition) is 4. The fraction of sp³-hybridized carbons (Fsp3) is 0.333. The fourth-order valence-corrected chi connectivity index (χ4v) is 2.32. The highest BCUT2D eigenvalue weighted by atomic mass is 16.5. The molecule has 144 valence electrons. The quantitative estimate of drug-likeness (QED) is 0.524. The molecule has 0 aliphatic rings. The van der Waals surface area contributed by atoms with Crippen LogP contribution in [0.15, 0.2) is 48.5 Å². The molecule has 6 nitrogen and oxygen atoms in total. The normalized spacial score (nSPS) is 10.1. The molecule has 2 N–H and O–H groups in total. The summed E-state index contributed by atoms with van der Waals surface area (Å²) < 4.78 is 10.5. The number of aryl methyl sites for hydroxylation is 1. The van der Waals surface area contributed by atoms with E-state index >= 15 is 0 Å². The number of hydrogen-bond donors (Lipinski definition) is 2. The Kier molecular flexibility index (Phi) is 8.16. The van der Waals surface area contributed by atoms with Crippen molar-refractivity contribution in [1.29, 1.82) is 0 Å². The summed E-state index contributed by atoms with van der Waals surface area (Å²) in [5.41, 5.74) is 2.59. The van der Waals surface area contributed by atoms with E-state index in [0.29, 0.717) is 31.9 Å². The molecule has 2 aromatic carbocycles. The zero-order valence-electron chi connectivity index (χ0n) is 15.8. The summed E-state index contributed by atoms with van der Waals surface area (Å²) in [4.78, 5) is 23.4. The predicted molar refractivity (Wildman–Crippen MR) is 104 cm³/mol. The van der Waals surface area contributed by atoms with E-state index < -0.39 is 0 Å². The molecule has 27 heavy (non-hydrogen) atoms. The van der Waals surface area contributed by atoms with Crippen LogP contribution in [-0.4, -0.2) is 31.8 Å². The van der Waals surface area contributed by atoms with Crippen LogP contribution in [-0.2, 0) is 11.3 Å². The maximum absolute atomic E-state index is 11.8. The minimum atomic E-state index is -0.345. The van der Waals surface area contributed by atoms with Gasteiger partial charge in [0.2, 0.25) is 0 Å². The Morgan fingerprint density at radius 1 is 0.963 bits per heavy atom. The molecule has 0 saturated heterocycles. The molecule has 0 aromatic heterocycles. The second-order valence-corrected chi connectivity index (χ2v) is 6.04. The fourth-order valence-electron chi connectivity index (χ4n) is 2.32. The zero-order valence-corrected chi connectivity index (χ0v) is 15.8. The van der Waals surface area contributed by atoms with Crippen LogP contribution >= 0.6 is 0 Å². The molecular weight excluding hydrogens is 344 g/mol. The van der Waals surface area contributed by atoms with Crippen molar-refractivity contribution in [2.75, 3.05) is 19.8 Å². The Morgan fingerprint density at radius 3 is 2.33 bits per heavy atom. The average molecular weight is 370 g/mol. The summed E-state index contributed by atoms with van der Waals surface area (Å²) in [6.45, 7) is 5.59. The molecule has 0 spiro atoms. The van der Waals surface area contributed by atoms with E-state index in [0.717, 1.165) is 17.7 Å². The molecule has 0 fully saturated rings. The van der Waals surface area contributed by atoms with E-state index in [1.54, 1.807) is 31.2 Å². The largest absolute Gasteiger partial charge is 0.494 e. The third-order valence-electron chi connectivity index (χ3n) is 3.81. The minimum Gasteiger partial charge on any atom is -0.494 e. The van der Waals surface area contributed by atoms with E-state index in [1.807, 2.05) is 31.2 Å². The van der Waals surface area contributed by atoms with Gasteiger partial charge in [-0.25, -0.2) is 9.59 Å². The molecule has 0 aliphatic carbocycles. The number of ether oxygens (including phenoxy) is 2. The lowest BCUT2D eigenvalue weighted by Gasteiger charge is -2.09. The number of carbonyl (C=O) groups excluding carboxylic acids is 2. The van der Waals surface area contributed by atoms with Crippen LogP contribution in [0, 0.1) is 6.92 Å². The van der Waals surface area contributed by atoms with Gasteiger partial charge in [-0.15, -0.1) is 0 Å². The Hall–Kier alpha value is -3.02. The van der Waals surface area contributed by atoms with E-state index in [1.165, 1.54) is 5.56 Å². The number of esters is 1. The molecular formula is C21H26N2O4. The first kappa shape index (κ1) is 20.3. The third kappa shape index (κ3) is 7.40. The summed E-state index contributed by atoms with van der Waals surface area (Å²) >= 11 is 0. The molecule has 2 rings (SSSR count).